The number of nitrogens with zero attached hydrogens (tertiary/aromatic N) is 3. The molecule has 1 fully saturated rings. The molecule has 4 aromatic rings. The third kappa shape index (κ3) is 4.91. The predicted molar refractivity (Wildman–Crippen MR) is 133 cm³/mol. The molecule has 1 N–H and O–H groups in total. The molecule has 1 saturated heterocycles. The average molecular weight is 491 g/mol. The number of carbonyl (C=O) groups is 1. The maximum absolute atomic E-state index is 13.1. The number of pyridine rings is 1. The van der Waals surface area contributed by atoms with Crippen LogP contribution in [0.1, 0.15) is 16.1 Å². The zero-order chi connectivity index (χ0) is 24.4. The standard InChI is InChI=1S/C26H26N4O4S/c1-29-12-14-30(15-13-29)21-4-8-23(9-5-21)35(32,33)22-6-2-19(3-7-22)17-28-26(31)24-16-20-10-11-27-18-25(20)34-24/h2-11,16,18H,12-15,17H2,1H3,(H,28,31). The Morgan fingerprint density at radius 1 is 0.971 bits per heavy atom. The summed E-state index contributed by atoms with van der Waals surface area (Å²) in [4.78, 5) is 21.4. The Hall–Kier alpha value is -3.69. The fourth-order valence-corrected chi connectivity index (χ4v) is 5.35. The lowest BCUT2D eigenvalue weighted by molar-refractivity contribution is 0.0925. The molecule has 1 amide bonds. The van der Waals surface area contributed by atoms with Crippen LogP contribution in [0.3, 0.4) is 0 Å². The number of aromatic nitrogens is 1. The minimum Gasteiger partial charge on any atom is -0.449 e. The van der Waals surface area contributed by atoms with Crippen LogP contribution >= 0.6 is 0 Å². The molecule has 35 heavy (non-hydrogen) atoms. The molecule has 5 rings (SSSR count). The summed E-state index contributed by atoms with van der Waals surface area (Å²) >= 11 is 0. The van der Waals surface area contributed by atoms with Crippen LogP contribution in [0.4, 0.5) is 5.69 Å². The number of hydrogen-bond acceptors (Lipinski definition) is 7. The first-order valence-electron chi connectivity index (χ1n) is 11.4. The monoisotopic (exact) mass is 490 g/mol. The molecule has 2 aromatic carbocycles. The van der Waals surface area contributed by atoms with Gasteiger partial charge < -0.3 is 19.5 Å². The quantitative estimate of drug-likeness (QED) is 0.443. The molecule has 0 spiro atoms. The van der Waals surface area contributed by atoms with Crippen molar-refractivity contribution in [2.45, 2.75) is 16.3 Å². The van der Waals surface area contributed by atoms with Crippen molar-refractivity contribution in [3.8, 4) is 0 Å². The first-order chi connectivity index (χ1) is 16.9. The van der Waals surface area contributed by atoms with Gasteiger partial charge in [-0.15, -0.1) is 0 Å². The van der Waals surface area contributed by atoms with Gasteiger partial charge in [0.1, 0.15) is 0 Å². The fraction of sp³-hybridized carbons (Fsp3) is 0.231. The van der Waals surface area contributed by atoms with E-state index in [9.17, 15) is 13.2 Å². The minimum absolute atomic E-state index is 0.201. The summed E-state index contributed by atoms with van der Waals surface area (Å²) in [5.41, 5.74) is 2.35. The fourth-order valence-electron chi connectivity index (χ4n) is 4.09. The van der Waals surface area contributed by atoms with Crippen molar-refractivity contribution in [3.63, 3.8) is 0 Å². The van der Waals surface area contributed by atoms with Gasteiger partial charge in [-0.3, -0.25) is 9.78 Å². The van der Waals surface area contributed by atoms with Crippen molar-refractivity contribution in [1.82, 2.24) is 15.2 Å². The highest BCUT2D eigenvalue weighted by molar-refractivity contribution is 7.91. The number of rotatable bonds is 6. The molecule has 0 aliphatic carbocycles. The van der Waals surface area contributed by atoms with Crippen molar-refractivity contribution < 1.29 is 17.6 Å². The number of piperazine rings is 1. The van der Waals surface area contributed by atoms with E-state index in [4.69, 9.17) is 4.42 Å². The van der Waals surface area contributed by atoms with E-state index in [0.717, 1.165) is 42.8 Å². The molecule has 1 aliphatic rings. The second-order valence-electron chi connectivity index (χ2n) is 8.64. The third-order valence-corrected chi connectivity index (χ3v) is 8.03. The molecular formula is C26H26N4O4S. The largest absolute Gasteiger partial charge is 0.449 e. The van der Waals surface area contributed by atoms with Gasteiger partial charge in [-0.05, 0) is 61.1 Å². The van der Waals surface area contributed by atoms with Crippen LogP contribution < -0.4 is 10.2 Å². The Bertz CT molecular complexity index is 1410. The summed E-state index contributed by atoms with van der Waals surface area (Å²) in [6.07, 6.45) is 3.20. The summed E-state index contributed by atoms with van der Waals surface area (Å²) in [5.74, 6) is -0.148. The van der Waals surface area contributed by atoms with Gasteiger partial charge in [0.2, 0.25) is 9.84 Å². The Morgan fingerprint density at radius 2 is 1.63 bits per heavy atom. The molecular weight excluding hydrogens is 464 g/mol. The zero-order valence-electron chi connectivity index (χ0n) is 19.3. The number of benzene rings is 2. The summed E-state index contributed by atoms with van der Waals surface area (Å²) in [6.45, 7) is 4.07. The Kier molecular flexibility index (Phi) is 6.27. The highest BCUT2D eigenvalue weighted by Gasteiger charge is 2.20. The van der Waals surface area contributed by atoms with Gasteiger partial charge in [0.05, 0.1) is 16.0 Å². The van der Waals surface area contributed by atoms with Crippen LogP contribution in [-0.4, -0.2) is 57.4 Å². The Labute approximate surface area is 204 Å². The highest BCUT2D eigenvalue weighted by atomic mass is 32.2. The topological polar surface area (TPSA) is 95.8 Å². The van der Waals surface area contributed by atoms with Crippen molar-refractivity contribution >= 4 is 32.4 Å². The molecule has 8 nitrogen and oxygen atoms in total. The maximum atomic E-state index is 13.1. The van der Waals surface area contributed by atoms with Crippen molar-refractivity contribution in [3.05, 3.63) is 84.4 Å². The molecule has 3 heterocycles. The van der Waals surface area contributed by atoms with Crippen LogP contribution in [-0.2, 0) is 16.4 Å². The SMILES string of the molecule is CN1CCN(c2ccc(S(=O)(=O)c3ccc(CNC(=O)c4cc5ccncc5o4)cc3)cc2)CC1. The van der Waals surface area contributed by atoms with Crippen LogP contribution in [0.5, 0.6) is 0 Å². The molecule has 0 saturated carbocycles. The molecule has 0 radical (unpaired) electrons. The Balaban J connectivity index is 1.23. The number of nitrogens with one attached hydrogen (secondary N) is 1. The van der Waals surface area contributed by atoms with E-state index in [2.05, 4.69) is 27.1 Å². The smallest absolute Gasteiger partial charge is 0.287 e. The molecule has 0 unspecified atom stereocenters. The van der Waals surface area contributed by atoms with Gasteiger partial charge in [-0.2, -0.15) is 0 Å². The lowest BCUT2D eigenvalue weighted by Crippen LogP contribution is -2.44. The van der Waals surface area contributed by atoms with Crippen molar-refractivity contribution in [1.29, 1.82) is 0 Å². The first-order valence-corrected chi connectivity index (χ1v) is 12.9. The van der Waals surface area contributed by atoms with E-state index in [1.807, 2.05) is 12.1 Å². The molecule has 0 bridgehead atoms. The zero-order valence-corrected chi connectivity index (χ0v) is 20.2. The highest BCUT2D eigenvalue weighted by Crippen LogP contribution is 2.25. The van der Waals surface area contributed by atoms with Gasteiger partial charge >= 0.3 is 0 Å². The summed E-state index contributed by atoms with van der Waals surface area (Å²) < 4.78 is 31.7. The lowest BCUT2D eigenvalue weighted by Gasteiger charge is -2.34. The lowest BCUT2D eigenvalue weighted by atomic mass is 10.2. The number of sulfone groups is 1. The van der Waals surface area contributed by atoms with Crippen molar-refractivity contribution in [2.24, 2.45) is 0 Å². The van der Waals surface area contributed by atoms with Crippen molar-refractivity contribution in [2.75, 3.05) is 38.1 Å². The summed E-state index contributed by atoms with van der Waals surface area (Å²) in [5, 5.41) is 3.60. The van der Waals surface area contributed by atoms with Gasteiger partial charge in [0, 0.05) is 50.0 Å². The molecule has 0 atom stereocenters. The second kappa shape index (κ2) is 9.52. The first kappa shape index (κ1) is 23.1. The average Bonchev–Trinajstić information content (AvgIpc) is 3.33. The van der Waals surface area contributed by atoms with E-state index in [0.29, 0.717) is 5.58 Å². The molecule has 2 aromatic heterocycles. The molecule has 180 valence electrons. The van der Waals surface area contributed by atoms with Gasteiger partial charge in [-0.1, -0.05) is 12.1 Å². The number of carbonyl (C=O) groups excluding carboxylic acids is 1. The Morgan fingerprint density at radius 3 is 2.29 bits per heavy atom. The number of fused-ring (bicyclic) bond motifs is 1. The third-order valence-electron chi connectivity index (χ3n) is 6.25. The van der Waals surface area contributed by atoms with E-state index in [-0.39, 0.29) is 28.0 Å². The van der Waals surface area contributed by atoms with Gasteiger partial charge in [0.25, 0.3) is 5.91 Å². The number of anilines is 1. The van der Waals surface area contributed by atoms with E-state index < -0.39 is 9.84 Å². The minimum atomic E-state index is -3.64. The van der Waals surface area contributed by atoms with Gasteiger partial charge in [0.15, 0.2) is 11.3 Å². The van der Waals surface area contributed by atoms with E-state index in [1.165, 1.54) is 0 Å². The van der Waals surface area contributed by atoms with Crippen LogP contribution in [0.2, 0.25) is 0 Å². The van der Waals surface area contributed by atoms with Gasteiger partial charge in [-0.25, -0.2) is 8.42 Å². The summed E-state index contributed by atoms with van der Waals surface area (Å²) in [7, 11) is -1.53. The number of amides is 1. The second-order valence-corrected chi connectivity index (χ2v) is 10.6. The summed E-state index contributed by atoms with van der Waals surface area (Å²) in [6, 6.07) is 17.1. The number of furan rings is 1. The molecule has 1 aliphatic heterocycles. The maximum Gasteiger partial charge on any atom is 0.287 e. The number of likely N-dealkylation sites (N-methyl/N-ethyl adjacent to an activating group) is 1. The van der Waals surface area contributed by atoms with Crippen LogP contribution in [0.25, 0.3) is 11.0 Å². The normalized spacial score (nSPS) is 14.8. The predicted octanol–water partition coefficient (Wildman–Crippen LogP) is 3.34. The van der Waals surface area contributed by atoms with Crippen LogP contribution in [0.15, 0.2) is 87.3 Å². The van der Waals surface area contributed by atoms with Crippen LogP contribution in [0, 0.1) is 0 Å². The van der Waals surface area contributed by atoms with E-state index >= 15 is 0 Å². The molecule has 9 heteroatoms. The number of hydrogen-bond donors (Lipinski definition) is 1. The van der Waals surface area contributed by atoms with E-state index in [1.54, 1.807) is 60.9 Å².